The molecule has 4 rings (SSSR count). The third-order valence-electron chi connectivity index (χ3n) is 4.58. The molecule has 2 amide bonds. The van der Waals surface area contributed by atoms with Gasteiger partial charge < -0.3 is 0 Å². The summed E-state index contributed by atoms with van der Waals surface area (Å²) in [6, 6.07) is 16.7. The smallest absolute Gasteiger partial charge is 0.250 e. The number of halogens is 1. The quantitative estimate of drug-likeness (QED) is 0.308. The van der Waals surface area contributed by atoms with Crippen molar-refractivity contribution in [2.24, 2.45) is 0 Å². The molecule has 4 aromatic rings. The van der Waals surface area contributed by atoms with E-state index >= 15 is 0 Å². The van der Waals surface area contributed by atoms with Gasteiger partial charge in [-0.3, -0.25) is 19.8 Å². The topological polar surface area (TPSA) is 75.2 Å². The van der Waals surface area contributed by atoms with Crippen molar-refractivity contribution in [1.29, 1.82) is 0 Å². The minimum absolute atomic E-state index is 0.139. The lowest BCUT2D eigenvalue weighted by atomic mass is 10.1. The van der Waals surface area contributed by atoms with Gasteiger partial charge in [0.2, 0.25) is 11.8 Å². The average molecular weight is 495 g/mol. The maximum atomic E-state index is 12.4. The predicted molar refractivity (Wildman–Crippen MR) is 136 cm³/mol. The van der Waals surface area contributed by atoms with Gasteiger partial charge in [-0.1, -0.05) is 41.9 Å². The number of amides is 2. The highest BCUT2D eigenvalue weighted by Gasteiger charge is 2.17. The van der Waals surface area contributed by atoms with Crippen molar-refractivity contribution in [2.45, 2.75) is 13.8 Å². The van der Waals surface area contributed by atoms with Crippen LogP contribution in [0.1, 0.15) is 17.5 Å². The third-order valence-corrected chi connectivity index (χ3v) is 6.56. The lowest BCUT2D eigenvalue weighted by molar-refractivity contribution is -0.116. The summed E-state index contributed by atoms with van der Waals surface area (Å²) in [5, 5.41) is 6.30. The van der Waals surface area contributed by atoms with Crippen molar-refractivity contribution in [3.8, 4) is 11.3 Å². The van der Waals surface area contributed by atoms with Crippen LogP contribution in [0.2, 0.25) is 5.02 Å². The van der Waals surface area contributed by atoms with Gasteiger partial charge in [0.25, 0.3) is 0 Å². The molecule has 0 aliphatic rings. The van der Waals surface area contributed by atoms with Crippen LogP contribution in [0.5, 0.6) is 0 Å². The van der Waals surface area contributed by atoms with E-state index in [0.717, 1.165) is 21.8 Å². The Balaban J connectivity index is 1.45. The van der Waals surface area contributed by atoms with Crippen LogP contribution in [0.4, 0.5) is 16.0 Å². The number of para-hydroxylation sites is 1. The lowest BCUT2D eigenvalue weighted by Gasteiger charge is -2.17. The number of rotatable bonds is 6. The fourth-order valence-corrected chi connectivity index (χ4v) is 4.91. The summed E-state index contributed by atoms with van der Waals surface area (Å²) in [5.41, 5.74) is 3.07. The number of hydrogen-bond acceptors (Lipinski definition) is 6. The third kappa shape index (κ3) is 5.54. The zero-order valence-corrected chi connectivity index (χ0v) is 20.2. The molecule has 0 aliphatic heterocycles. The van der Waals surface area contributed by atoms with Gasteiger partial charge in [0.05, 0.1) is 17.1 Å². The Bertz CT molecular complexity index is 1310. The largest absolute Gasteiger partial charge is 0.298 e. The number of hydrogen-bond donors (Lipinski definition) is 1. The van der Waals surface area contributed by atoms with Crippen LogP contribution in [-0.2, 0) is 9.59 Å². The van der Waals surface area contributed by atoms with E-state index in [-0.39, 0.29) is 11.8 Å². The van der Waals surface area contributed by atoms with E-state index < -0.39 is 0 Å². The molecule has 33 heavy (non-hydrogen) atoms. The van der Waals surface area contributed by atoms with Crippen molar-refractivity contribution in [1.82, 2.24) is 9.97 Å². The lowest BCUT2D eigenvalue weighted by Crippen LogP contribution is -2.22. The Morgan fingerprint density at radius 3 is 2.48 bits per heavy atom. The van der Waals surface area contributed by atoms with Gasteiger partial charge in [0, 0.05) is 33.8 Å². The molecule has 1 N–H and O–H groups in total. The second-order valence-corrected chi connectivity index (χ2v) is 9.47. The Hall–Kier alpha value is -3.33. The fourth-order valence-electron chi connectivity index (χ4n) is 3.09. The number of aromatic nitrogens is 2. The van der Waals surface area contributed by atoms with E-state index in [1.165, 1.54) is 35.7 Å². The first-order valence-corrected chi connectivity index (χ1v) is 12.0. The number of anilines is 3. The SMILES string of the molecule is CC(=O)N(c1ccccc1)c1nc(/C=C/C(=O)Nc2nc(-c3ccc(Cl)cc3)c(C)s2)cs1. The van der Waals surface area contributed by atoms with E-state index in [4.69, 9.17) is 11.6 Å². The minimum atomic E-state index is -0.313. The molecular formula is C24H19ClN4O2S2. The van der Waals surface area contributed by atoms with Gasteiger partial charge in [0.15, 0.2) is 10.3 Å². The summed E-state index contributed by atoms with van der Waals surface area (Å²) in [6.45, 7) is 3.45. The normalized spacial score (nSPS) is 11.0. The first kappa shape index (κ1) is 22.8. The van der Waals surface area contributed by atoms with Crippen LogP contribution in [0, 0.1) is 6.92 Å². The van der Waals surface area contributed by atoms with Crippen LogP contribution >= 0.6 is 34.3 Å². The van der Waals surface area contributed by atoms with Crippen LogP contribution in [0.3, 0.4) is 0 Å². The van der Waals surface area contributed by atoms with Gasteiger partial charge in [0.1, 0.15) is 0 Å². The second-order valence-electron chi connectivity index (χ2n) is 7.00. The molecule has 2 heterocycles. The summed E-state index contributed by atoms with van der Waals surface area (Å²) in [4.78, 5) is 36.1. The van der Waals surface area contributed by atoms with Gasteiger partial charge in [-0.2, -0.15) is 0 Å². The van der Waals surface area contributed by atoms with Gasteiger partial charge in [-0.25, -0.2) is 9.97 Å². The van der Waals surface area contributed by atoms with Gasteiger partial charge in [-0.05, 0) is 37.3 Å². The average Bonchev–Trinajstić information content (AvgIpc) is 3.40. The molecule has 0 aliphatic carbocycles. The van der Waals surface area contributed by atoms with E-state index in [1.54, 1.807) is 16.4 Å². The zero-order chi connectivity index (χ0) is 23.4. The van der Waals surface area contributed by atoms with Crippen LogP contribution < -0.4 is 10.2 Å². The molecule has 0 bridgehead atoms. The monoisotopic (exact) mass is 494 g/mol. The number of aryl methyl sites for hydroxylation is 1. The molecule has 0 radical (unpaired) electrons. The van der Waals surface area contributed by atoms with E-state index in [0.29, 0.717) is 21.0 Å². The van der Waals surface area contributed by atoms with E-state index in [9.17, 15) is 9.59 Å². The van der Waals surface area contributed by atoms with Crippen LogP contribution in [-0.4, -0.2) is 21.8 Å². The summed E-state index contributed by atoms with van der Waals surface area (Å²) in [5.74, 6) is -0.452. The zero-order valence-electron chi connectivity index (χ0n) is 17.8. The van der Waals surface area contributed by atoms with Crippen LogP contribution in [0.25, 0.3) is 17.3 Å². The second kappa shape index (κ2) is 10.1. The molecule has 0 spiro atoms. The molecule has 0 fully saturated rings. The summed E-state index contributed by atoms with van der Waals surface area (Å²) in [6.07, 6.45) is 3.01. The van der Waals surface area contributed by atoms with Crippen molar-refractivity contribution in [3.05, 3.63) is 81.6 Å². The Morgan fingerprint density at radius 1 is 1.06 bits per heavy atom. The highest BCUT2D eigenvalue weighted by atomic mass is 35.5. The van der Waals surface area contributed by atoms with E-state index in [2.05, 4.69) is 15.3 Å². The molecule has 2 aromatic heterocycles. The first-order valence-electron chi connectivity index (χ1n) is 9.94. The van der Waals surface area contributed by atoms with Crippen LogP contribution in [0.15, 0.2) is 66.1 Å². The van der Waals surface area contributed by atoms with Gasteiger partial charge >= 0.3 is 0 Å². The molecule has 0 atom stereocenters. The molecule has 0 saturated heterocycles. The highest BCUT2D eigenvalue weighted by molar-refractivity contribution is 7.16. The summed E-state index contributed by atoms with van der Waals surface area (Å²) >= 11 is 8.69. The number of carbonyl (C=O) groups is 2. The summed E-state index contributed by atoms with van der Waals surface area (Å²) in [7, 11) is 0. The molecule has 6 nitrogen and oxygen atoms in total. The van der Waals surface area contributed by atoms with Crippen molar-refractivity contribution in [2.75, 3.05) is 10.2 Å². The van der Waals surface area contributed by atoms with Crippen molar-refractivity contribution in [3.63, 3.8) is 0 Å². The predicted octanol–water partition coefficient (Wildman–Crippen LogP) is 6.56. The number of thiazole rings is 2. The van der Waals surface area contributed by atoms with Crippen molar-refractivity contribution < 1.29 is 9.59 Å². The first-order chi connectivity index (χ1) is 15.9. The standard InChI is InChI=1S/C24H19ClN4O2S2/c1-15-22(17-8-10-18(25)11-9-17)28-23(33-15)27-21(31)13-12-19-14-32-24(26-19)29(16(2)30)20-6-4-3-5-7-20/h3-14H,1-2H3,(H,27,28,31)/b13-12+. The number of nitrogens with zero attached hydrogens (tertiary/aromatic N) is 3. The molecule has 0 unspecified atom stereocenters. The summed E-state index contributed by atoms with van der Waals surface area (Å²) < 4.78 is 0. The molecule has 166 valence electrons. The van der Waals surface area contributed by atoms with Crippen molar-refractivity contribution >= 4 is 68.1 Å². The number of carbonyl (C=O) groups excluding carboxylic acids is 2. The Kier molecular flexibility index (Phi) is 6.98. The Labute approximate surface area is 204 Å². The fraction of sp³-hybridized carbons (Fsp3) is 0.0833. The Morgan fingerprint density at radius 2 is 1.79 bits per heavy atom. The molecule has 0 saturated carbocycles. The van der Waals surface area contributed by atoms with E-state index in [1.807, 2.05) is 61.5 Å². The molecular weight excluding hydrogens is 476 g/mol. The number of nitrogens with one attached hydrogen (secondary N) is 1. The number of benzene rings is 2. The molecule has 2 aromatic carbocycles. The molecule has 9 heteroatoms. The maximum absolute atomic E-state index is 12.4. The van der Waals surface area contributed by atoms with Gasteiger partial charge in [-0.15, -0.1) is 22.7 Å². The minimum Gasteiger partial charge on any atom is -0.298 e. The highest BCUT2D eigenvalue weighted by Crippen LogP contribution is 2.31. The maximum Gasteiger partial charge on any atom is 0.250 e.